The van der Waals surface area contributed by atoms with Crippen LogP contribution in [0, 0.1) is 0 Å². The van der Waals surface area contributed by atoms with Crippen molar-refractivity contribution in [3.8, 4) is 5.75 Å². The second-order valence-electron chi connectivity index (χ2n) is 1.93. The Balaban J connectivity index is 3.00. The summed E-state index contributed by atoms with van der Waals surface area (Å²) in [4.78, 5) is 14.2. The molecule has 1 N–H and O–H groups in total. The van der Waals surface area contributed by atoms with Gasteiger partial charge >= 0.3 is 5.97 Å². The molecule has 4 nitrogen and oxygen atoms in total. The number of pyridine rings is 1. The second kappa shape index (κ2) is 3.92. The fourth-order valence-corrected chi connectivity index (χ4v) is 0.848. The molecule has 0 saturated carbocycles. The fraction of sp³-hybridized carbons (Fsp3) is 0.143. The first-order valence-corrected chi connectivity index (χ1v) is 3.65. The van der Waals surface area contributed by atoms with Gasteiger partial charge in [-0.3, -0.25) is 4.98 Å². The molecular formula is C7H6ClNO3. The number of hydrogen-bond acceptors (Lipinski definition) is 3. The molecule has 1 heterocycles. The van der Waals surface area contributed by atoms with E-state index in [1.807, 2.05) is 0 Å². The highest BCUT2D eigenvalue weighted by atomic mass is 35.5. The first-order valence-electron chi connectivity index (χ1n) is 3.11. The van der Waals surface area contributed by atoms with Crippen molar-refractivity contribution in [3.05, 3.63) is 24.0 Å². The van der Waals surface area contributed by atoms with Crippen molar-refractivity contribution in [2.45, 2.75) is 0 Å². The lowest BCUT2D eigenvalue weighted by Gasteiger charge is -2.03. The minimum Gasteiger partial charge on any atom is -0.478 e. The summed E-state index contributed by atoms with van der Waals surface area (Å²) < 4.78 is 4.82. The molecule has 0 fully saturated rings. The molecule has 0 aromatic carbocycles. The van der Waals surface area contributed by atoms with Crippen molar-refractivity contribution in [1.82, 2.24) is 4.98 Å². The molecule has 1 rings (SSSR count). The van der Waals surface area contributed by atoms with Crippen LogP contribution in [0.1, 0.15) is 10.4 Å². The summed E-state index contributed by atoms with van der Waals surface area (Å²) in [5.74, 6) is -0.877. The van der Waals surface area contributed by atoms with E-state index in [4.69, 9.17) is 21.4 Å². The van der Waals surface area contributed by atoms with E-state index in [2.05, 4.69) is 4.98 Å². The van der Waals surface area contributed by atoms with Crippen LogP contribution in [0.2, 0.25) is 0 Å². The molecule has 0 aliphatic carbocycles. The van der Waals surface area contributed by atoms with Gasteiger partial charge in [0.15, 0.2) is 11.8 Å². The van der Waals surface area contributed by atoms with Crippen LogP contribution in [0.3, 0.4) is 0 Å². The van der Waals surface area contributed by atoms with Crippen molar-refractivity contribution in [2.24, 2.45) is 0 Å². The van der Waals surface area contributed by atoms with Gasteiger partial charge in [0.2, 0.25) is 0 Å². The molecule has 0 atom stereocenters. The second-order valence-corrected chi connectivity index (χ2v) is 2.15. The van der Waals surface area contributed by atoms with Crippen LogP contribution >= 0.6 is 11.6 Å². The Kier molecular flexibility index (Phi) is 2.88. The normalized spacial score (nSPS) is 9.42. The average Bonchev–Trinajstić information content (AvgIpc) is 2.05. The summed E-state index contributed by atoms with van der Waals surface area (Å²) in [6.45, 7) is 0. The molecule has 1 aromatic heterocycles. The molecule has 0 radical (unpaired) electrons. The van der Waals surface area contributed by atoms with Gasteiger partial charge in [-0.1, -0.05) is 11.6 Å². The van der Waals surface area contributed by atoms with Gasteiger partial charge in [-0.2, -0.15) is 0 Å². The third kappa shape index (κ3) is 1.85. The number of alkyl halides is 1. The maximum absolute atomic E-state index is 10.5. The Morgan fingerprint density at radius 1 is 1.75 bits per heavy atom. The number of carboxylic acids is 1. The molecule has 1 aromatic rings. The summed E-state index contributed by atoms with van der Waals surface area (Å²) >= 11 is 5.27. The fourth-order valence-electron chi connectivity index (χ4n) is 0.730. The van der Waals surface area contributed by atoms with E-state index < -0.39 is 5.97 Å². The SMILES string of the molecule is O=C(O)c1ccncc1OCCl. The van der Waals surface area contributed by atoms with Crippen molar-refractivity contribution in [3.63, 3.8) is 0 Å². The molecule has 0 saturated heterocycles. The summed E-state index contributed by atoms with van der Waals surface area (Å²) in [6.07, 6.45) is 2.69. The molecule has 0 aliphatic rings. The molecule has 0 bridgehead atoms. The zero-order valence-electron chi connectivity index (χ0n) is 6.03. The van der Waals surface area contributed by atoms with E-state index in [0.29, 0.717) is 0 Å². The van der Waals surface area contributed by atoms with Gasteiger partial charge in [-0.15, -0.1) is 0 Å². The molecule has 0 unspecified atom stereocenters. The topological polar surface area (TPSA) is 59.4 Å². The van der Waals surface area contributed by atoms with Crippen LogP contribution < -0.4 is 4.74 Å². The van der Waals surface area contributed by atoms with E-state index in [-0.39, 0.29) is 17.4 Å². The Bertz CT molecular complexity index is 290. The molecule has 64 valence electrons. The van der Waals surface area contributed by atoms with Gasteiger partial charge in [0.1, 0.15) is 5.56 Å². The van der Waals surface area contributed by atoms with Crippen LogP contribution in [0.4, 0.5) is 0 Å². The van der Waals surface area contributed by atoms with Crippen LogP contribution in [-0.4, -0.2) is 22.1 Å². The quantitative estimate of drug-likeness (QED) is 0.726. The maximum Gasteiger partial charge on any atom is 0.339 e. The number of ether oxygens (including phenoxy) is 1. The van der Waals surface area contributed by atoms with Gasteiger partial charge in [0.25, 0.3) is 0 Å². The highest BCUT2D eigenvalue weighted by Crippen LogP contribution is 2.16. The van der Waals surface area contributed by atoms with Gasteiger partial charge in [-0.05, 0) is 6.07 Å². The zero-order valence-corrected chi connectivity index (χ0v) is 6.78. The molecule has 0 spiro atoms. The van der Waals surface area contributed by atoms with Crippen LogP contribution in [0.15, 0.2) is 18.5 Å². The third-order valence-electron chi connectivity index (χ3n) is 1.22. The first kappa shape index (κ1) is 8.80. The number of nitrogens with zero attached hydrogens (tertiary/aromatic N) is 1. The minimum absolute atomic E-state index is 0.0608. The number of aromatic nitrogens is 1. The van der Waals surface area contributed by atoms with Gasteiger partial charge in [0.05, 0.1) is 6.20 Å². The van der Waals surface area contributed by atoms with E-state index >= 15 is 0 Å². The molecule has 0 aliphatic heterocycles. The van der Waals surface area contributed by atoms with E-state index in [1.165, 1.54) is 18.5 Å². The molecular weight excluding hydrogens is 182 g/mol. The lowest BCUT2D eigenvalue weighted by molar-refractivity contribution is 0.0693. The third-order valence-corrected chi connectivity index (χ3v) is 1.33. The van der Waals surface area contributed by atoms with Crippen LogP contribution in [0.25, 0.3) is 0 Å². The summed E-state index contributed by atoms with van der Waals surface area (Å²) in [5.41, 5.74) is 0.0608. The lowest BCUT2D eigenvalue weighted by Crippen LogP contribution is -2.01. The largest absolute Gasteiger partial charge is 0.478 e. The first-order chi connectivity index (χ1) is 5.75. The zero-order chi connectivity index (χ0) is 8.97. The smallest absolute Gasteiger partial charge is 0.339 e. The van der Waals surface area contributed by atoms with E-state index in [1.54, 1.807) is 0 Å². The van der Waals surface area contributed by atoms with Crippen LogP contribution in [0.5, 0.6) is 5.75 Å². The number of hydrogen-bond donors (Lipinski definition) is 1. The number of carboxylic acid groups (broad SMARTS) is 1. The average molecular weight is 188 g/mol. The van der Waals surface area contributed by atoms with Gasteiger partial charge in [-0.25, -0.2) is 4.79 Å². The van der Waals surface area contributed by atoms with Crippen LogP contribution in [-0.2, 0) is 0 Å². The standard InChI is InChI=1S/C7H6ClNO3/c8-4-12-6-3-9-2-1-5(6)7(10)11/h1-3H,4H2,(H,10,11). The number of halogens is 1. The van der Waals surface area contributed by atoms with Gasteiger partial charge < -0.3 is 9.84 Å². The Hall–Kier alpha value is -1.29. The lowest BCUT2D eigenvalue weighted by atomic mass is 10.2. The van der Waals surface area contributed by atoms with Crippen molar-refractivity contribution in [2.75, 3.05) is 6.07 Å². The Labute approximate surface area is 73.8 Å². The van der Waals surface area contributed by atoms with Crippen molar-refractivity contribution in [1.29, 1.82) is 0 Å². The number of carbonyl (C=O) groups is 1. The highest BCUT2D eigenvalue weighted by Gasteiger charge is 2.09. The molecule has 5 heteroatoms. The molecule has 0 amide bonds. The summed E-state index contributed by atoms with van der Waals surface area (Å²) in [7, 11) is 0. The maximum atomic E-state index is 10.5. The Morgan fingerprint density at radius 2 is 2.50 bits per heavy atom. The monoisotopic (exact) mass is 187 g/mol. The predicted molar refractivity (Wildman–Crippen MR) is 42.5 cm³/mol. The summed E-state index contributed by atoms with van der Waals surface area (Å²) in [6, 6.07) is 1.26. The minimum atomic E-state index is -1.06. The van der Waals surface area contributed by atoms with E-state index in [9.17, 15) is 4.79 Å². The van der Waals surface area contributed by atoms with Crippen molar-refractivity contribution >= 4 is 17.6 Å². The highest BCUT2D eigenvalue weighted by molar-refractivity contribution is 6.17. The molecule has 12 heavy (non-hydrogen) atoms. The summed E-state index contributed by atoms with van der Waals surface area (Å²) in [5, 5.41) is 8.64. The predicted octanol–water partition coefficient (Wildman–Crippen LogP) is 1.35. The Morgan fingerprint density at radius 3 is 3.08 bits per heavy atom. The number of rotatable bonds is 3. The number of aromatic carboxylic acids is 1. The van der Waals surface area contributed by atoms with E-state index in [0.717, 1.165) is 0 Å². The van der Waals surface area contributed by atoms with Gasteiger partial charge in [0, 0.05) is 6.20 Å². The van der Waals surface area contributed by atoms with Crippen molar-refractivity contribution < 1.29 is 14.6 Å².